The number of hydrogen-bond donors (Lipinski definition) is 1. The van der Waals surface area contributed by atoms with E-state index < -0.39 is 0 Å². The van der Waals surface area contributed by atoms with Gasteiger partial charge in [-0.25, -0.2) is 0 Å². The zero-order valence-electron chi connectivity index (χ0n) is 9.97. The summed E-state index contributed by atoms with van der Waals surface area (Å²) < 4.78 is 0. The average molecular weight is 439 g/mol. The van der Waals surface area contributed by atoms with Crippen LogP contribution < -0.4 is 0 Å². The third kappa shape index (κ3) is 6.25. The summed E-state index contributed by atoms with van der Waals surface area (Å²) in [5.74, 6) is 0. The van der Waals surface area contributed by atoms with Crippen LogP contribution in [0.15, 0.2) is 40.6 Å². The van der Waals surface area contributed by atoms with Crippen molar-refractivity contribution in [3.05, 3.63) is 36.1 Å². The number of nitrogens with zero attached hydrogens (tertiary/aromatic N) is 3. The summed E-state index contributed by atoms with van der Waals surface area (Å²) in [6.07, 6.45) is 3.67. The van der Waals surface area contributed by atoms with Crippen LogP contribution in [0.3, 0.4) is 0 Å². The van der Waals surface area contributed by atoms with Gasteiger partial charge in [0.25, 0.3) is 0 Å². The number of hydrazone groups is 1. The smallest absolute Gasteiger partial charge is 0.0812 e. The van der Waals surface area contributed by atoms with Gasteiger partial charge in [0.2, 0.25) is 0 Å². The molecule has 0 aliphatic rings. The Bertz CT molecular complexity index is 435. The molecule has 6 heteroatoms. The molecule has 1 radical (unpaired) electrons. The Balaban J connectivity index is 0. The van der Waals surface area contributed by atoms with Gasteiger partial charge < -0.3 is 26.9 Å². The van der Waals surface area contributed by atoms with Gasteiger partial charge in [0.15, 0.2) is 0 Å². The molecular weight excluding hydrogens is 426 g/mol. The molecule has 0 aromatic heterocycles. The number of allylic oxidation sites excluding steroid dienone is 1. The molecule has 18 heavy (non-hydrogen) atoms. The van der Waals surface area contributed by atoms with Gasteiger partial charge in [-0.05, 0) is 12.5 Å². The molecule has 1 N–H and O–H groups in total. The van der Waals surface area contributed by atoms with Gasteiger partial charge in [0.05, 0.1) is 6.26 Å². The number of rotatable bonds is 4. The van der Waals surface area contributed by atoms with E-state index >= 15 is 0 Å². The van der Waals surface area contributed by atoms with Crippen molar-refractivity contribution in [3.8, 4) is 0 Å². The molecule has 0 unspecified atom stereocenters. The molecule has 1 rings (SSSR count). The normalized spacial score (nSPS) is 10.4. The summed E-state index contributed by atoms with van der Waals surface area (Å²) in [6.45, 7) is 6.83. The first-order valence-electron chi connectivity index (χ1n) is 4.70. The third-order valence-electron chi connectivity index (χ3n) is 2.01. The maximum atomic E-state index is 8.96. The fraction of sp³-hybridized carbons (Fsp3) is 0.167. The molecule has 0 heterocycles. The van der Waals surface area contributed by atoms with Gasteiger partial charge in [-0.3, -0.25) is 0 Å². The number of aliphatic hydroxyl groups excluding tert-OH is 1. The minimum absolute atomic E-state index is 0. The molecular formula is C12H13N3OVYb-2. The molecule has 0 spiro atoms. The summed E-state index contributed by atoms with van der Waals surface area (Å²) in [4.78, 5) is 4.10. The number of aliphatic imine (C=N–C) groups is 1. The van der Waals surface area contributed by atoms with Crippen molar-refractivity contribution in [2.75, 3.05) is 7.05 Å². The van der Waals surface area contributed by atoms with E-state index in [0.29, 0.717) is 5.69 Å². The van der Waals surface area contributed by atoms with E-state index in [1.54, 1.807) is 14.0 Å². The van der Waals surface area contributed by atoms with Crippen LogP contribution in [-0.2, 0) is 18.6 Å². The third-order valence-corrected chi connectivity index (χ3v) is 2.01. The van der Waals surface area contributed by atoms with E-state index in [-0.39, 0.29) is 65.5 Å². The largest absolute Gasteiger partial charge is 0.515 e. The van der Waals surface area contributed by atoms with Gasteiger partial charge in [0, 0.05) is 72.5 Å². The first kappa shape index (κ1) is 20.3. The van der Waals surface area contributed by atoms with Crippen molar-refractivity contribution in [1.82, 2.24) is 5.01 Å². The Morgan fingerprint density at radius 1 is 1.44 bits per heavy atom. The molecule has 0 saturated heterocycles. The minimum Gasteiger partial charge on any atom is -0.515 e. The van der Waals surface area contributed by atoms with Crippen LogP contribution in [-0.4, -0.2) is 30.2 Å². The maximum Gasteiger partial charge on any atom is 0.0812 e. The van der Waals surface area contributed by atoms with E-state index in [4.69, 9.17) is 11.8 Å². The zero-order valence-corrected chi connectivity index (χ0v) is 13.1. The molecule has 1 aromatic carbocycles. The van der Waals surface area contributed by atoms with Crippen molar-refractivity contribution >= 4 is 24.3 Å². The maximum absolute atomic E-state index is 8.96. The van der Waals surface area contributed by atoms with E-state index in [0.717, 1.165) is 17.4 Å². The van der Waals surface area contributed by atoms with Crippen LogP contribution in [0.5, 0.6) is 0 Å². The number of benzene rings is 1. The molecule has 0 amide bonds. The predicted molar refractivity (Wildman–Crippen MR) is 66.1 cm³/mol. The Morgan fingerprint density at radius 2 is 2.06 bits per heavy atom. The number of hydrogen-bond acceptors (Lipinski definition) is 3. The fourth-order valence-electron chi connectivity index (χ4n) is 1.13. The van der Waals surface area contributed by atoms with Crippen LogP contribution in [0.2, 0.25) is 0 Å². The van der Waals surface area contributed by atoms with E-state index in [1.807, 2.05) is 24.3 Å². The van der Waals surface area contributed by atoms with Gasteiger partial charge in [-0.15, -0.1) is 6.07 Å². The van der Waals surface area contributed by atoms with Crippen molar-refractivity contribution in [1.29, 1.82) is 0 Å². The van der Waals surface area contributed by atoms with Crippen molar-refractivity contribution in [3.63, 3.8) is 0 Å². The van der Waals surface area contributed by atoms with Crippen molar-refractivity contribution < 1.29 is 70.6 Å². The Hall–Kier alpha value is 0.00390. The summed E-state index contributed by atoms with van der Waals surface area (Å²) in [5, 5.41) is 13.6. The van der Waals surface area contributed by atoms with E-state index in [2.05, 4.69) is 16.4 Å². The second kappa shape index (κ2) is 10.9. The Labute approximate surface area is 158 Å². The fourth-order valence-corrected chi connectivity index (χ4v) is 1.13. The number of para-hydroxylation sites is 1. The van der Waals surface area contributed by atoms with Crippen molar-refractivity contribution in [2.24, 2.45) is 10.1 Å². The second-order valence-corrected chi connectivity index (χ2v) is 3.18. The Kier molecular flexibility index (Phi) is 12.3. The quantitative estimate of drug-likeness (QED) is 0.196. The van der Waals surface area contributed by atoms with Gasteiger partial charge in [-0.2, -0.15) is 0 Å². The standard InChI is InChI=1S/C12H13N3O.V.Yb/c1-10(8-16)11-6-4-5-7-12(11)14-9-15(3)13-2;;/h2,4-8,16H,1,3H3;;/q-2;;/b10-8-;;. The van der Waals surface area contributed by atoms with Gasteiger partial charge >= 0.3 is 0 Å². The van der Waals surface area contributed by atoms with Crippen LogP contribution >= 0.6 is 0 Å². The topological polar surface area (TPSA) is 48.2 Å². The zero-order chi connectivity index (χ0) is 12.0. The first-order chi connectivity index (χ1) is 7.69. The van der Waals surface area contributed by atoms with Crippen LogP contribution in [0, 0.1) is 46.9 Å². The molecule has 4 nitrogen and oxygen atoms in total. The number of aliphatic hydroxyl groups is 1. The van der Waals surface area contributed by atoms with E-state index in [1.165, 1.54) is 5.01 Å². The summed E-state index contributed by atoms with van der Waals surface area (Å²) >= 11 is 0. The van der Waals surface area contributed by atoms with Gasteiger partial charge in [0.1, 0.15) is 0 Å². The molecule has 0 atom stereocenters. The summed E-state index contributed by atoms with van der Waals surface area (Å²) in [6, 6.07) is 7.41. The SMILES string of the molecule is [CH-]=NN(C)[C-]=Nc1ccccc1/C(C)=C\O.[V].[Yb]. The van der Waals surface area contributed by atoms with Crippen LogP contribution in [0.4, 0.5) is 5.69 Å². The first-order valence-corrected chi connectivity index (χ1v) is 4.70. The molecule has 103 valence electrons. The summed E-state index contributed by atoms with van der Waals surface area (Å²) in [7, 11) is 1.63. The predicted octanol–water partition coefficient (Wildman–Crippen LogP) is 2.56. The minimum atomic E-state index is 0. The molecule has 1 aromatic rings. The van der Waals surface area contributed by atoms with E-state index in [9.17, 15) is 0 Å². The van der Waals surface area contributed by atoms with Gasteiger partial charge in [-0.1, -0.05) is 35.8 Å². The Morgan fingerprint density at radius 3 is 2.61 bits per heavy atom. The van der Waals surface area contributed by atoms with Crippen LogP contribution in [0.25, 0.3) is 5.57 Å². The molecule has 0 aliphatic carbocycles. The molecule has 0 fully saturated rings. The average Bonchev–Trinajstić information content (AvgIpc) is 2.35. The van der Waals surface area contributed by atoms with Crippen molar-refractivity contribution in [2.45, 2.75) is 6.92 Å². The summed E-state index contributed by atoms with van der Waals surface area (Å²) in [5.41, 5.74) is 2.26. The molecule has 0 bridgehead atoms. The molecule has 0 saturated carbocycles. The second-order valence-electron chi connectivity index (χ2n) is 3.18. The molecule has 0 aliphatic heterocycles. The monoisotopic (exact) mass is 440 g/mol. The van der Waals surface area contributed by atoms with Crippen LogP contribution in [0.1, 0.15) is 12.5 Å².